The molecule has 2 heterocycles. The lowest BCUT2D eigenvalue weighted by Crippen LogP contribution is -2.48. The third-order valence-corrected chi connectivity index (χ3v) is 7.49. The second-order valence-corrected chi connectivity index (χ2v) is 10.6. The number of carbonyl (C=O) groups is 2. The van der Waals surface area contributed by atoms with E-state index in [0.29, 0.717) is 24.8 Å². The monoisotopic (exact) mass is 508 g/mol. The highest BCUT2D eigenvalue weighted by Crippen LogP contribution is 2.34. The summed E-state index contributed by atoms with van der Waals surface area (Å²) in [6.07, 6.45) is 1.90. The van der Waals surface area contributed by atoms with Crippen molar-refractivity contribution in [2.24, 2.45) is 5.92 Å². The molecule has 0 saturated carbocycles. The molecule has 1 aliphatic rings. The van der Waals surface area contributed by atoms with Crippen molar-refractivity contribution < 1.29 is 18.7 Å². The lowest BCUT2D eigenvalue weighted by molar-refractivity contribution is -0.142. The van der Waals surface area contributed by atoms with E-state index >= 15 is 0 Å². The average molecular weight is 509 g/mol. The fourth-order valence-electron chi connectivity index (χ4n) is 4.42. The minimum Gasteiger partial charge on any atom is -0.491 e. The van der Waals surface area contributed by atoms with Gasteiger partial charge in [0.2, 0.25) is 11.8 Å². The molecule has 0 radical (unpaired) electrons. The van der Waals surface area contributed by atoms with Gasteiger partial charge in [0.15, 0.2) is 0 Å². The van der Waals surface area contributed by atoms with Gasteiger partial charge in [0.1, 0.15) is 18.2 Å². The van der Waals surface area contributed by atoms with Crippen LogP contribution in [0.4, 0.5) is 4.39 Å². The Bertz CT molecular complexity index is 1150. The maximum atomic E-state index is 13.6. The molecule has 3 aromatic rings. The summed E-state index contributed by atoms with van der Waals surface area (Å²) in [6.45, 7) is 5.68. The van der Waals surface area contributed by atoms with Crippen molar-refractivity contribution in [3.63, 3.8) is 0 Å². The summed E-state index contributed by atoms with van der Waals surface area (Å²) in [5.74, 6) is 0.543. The quantitative estimate of drug-likeness (QED) is 0.363. The van der Waals surface area contributed by atoms with Crippen LogP contribution in [0.25, 0.3) is 0 Å². The standard InChI is InChI=1S/C29H33FN2O3S/c1-21(2)12-15-31(28(33)18-22-6-4-3-5-7-22)19-29(34)32-16-13-27-25(14-17-36-27)26(32)20-35-24-10-8-23(30)9-11-24/h3-11,14,17,21,26H,12-13,15-16,18-20H2,1-2H3. The van der Waals surface area contributed by atoms with Crippen LogP contribution in [0.15, 0.2) is 66.0 Å². The number of rotatable bonds is 10. The summed E-state index contributed by atoms with van der Waals surface area (Å²) >= 11 is 1.69. The molecular weight excluding hydrogens is 475 g/mol. The number of hydrogen-bond donors (Lipinski definition) is 0. The number of hydrogen-bond acceptors (Lipinski definition) is 4. The number of amides is 2. The van der Waals surface area contributed by atoms with Crippen molar-refractivity contribution in [3.05, 3.63) is 87.9 Å². The van der Waals surface area contributed by atoms with Gasteiger partial charge in [-0.2, -0.15) is 0 Å². The Morgan fingerprint density at radius 3 is 2.58 bits per heavy atom. The molecule has 0 fully saturated rings. The largest absolute Gasteiger partial charge is 0.491 e. The zero-order valence-corrected chi connectivity index (χ0v) is 21.7. The van der Waals surface area contributed by atoms with Gasteiger partial charge in [0, 0.05) is 18.0 Å². The summed E-state index contributed by atoms with van der Waals surface area (Å²) < 4.78 is 19.3. The first-order chi connectivity index (χ1) is 17.4. The maximum Gasteiger partial charge on any atom is 0.242 e. The summed E-state index contributed by atoms with van der Waals surface area (Å²) in [7, 11) is 0. The number of halogens is 1. The molecule has 0 aliphatic carbocycles. The zero-order valence-electron chi connectivity index (χ0n) is 20.9. The molecule has 1 unspecified atom stereocenters. The molecular formula is C29H33FN2O3S. The first-order valence-corrected chi connectivity index (χ1v) is 13.3. The van der Waals surface area contributed by atoms with Crippen LogP contribution in [0.2, 0.25) is 0 Å². The number of carbonyl (C=O) groups excluding carboxylic acids is 2. The summed E-state index contributed by atoms with van der Waals surface area (Å²) in [5.41, 5.74) is 2.03. The zero-order chi connectivity index (χ0) is 25.5. The molecule has 190 valence electrons. The number of nitrogens with zero attached hydrogens (tertiary/aromatic N) is 2. The third-order valence-electron chi connectivity index (χ3n) is 6.49. The van der Waals surface area contributed by atoms with E-state index in [1.54, 1.807) is 28.4 Å². The van der Waals surface area contributed by atoms with Gasteiger partial charge in [-0.05, 0) is 65.6 Å². The molecule has 0 N–H and O–H groups in total. The van der Waals surface area contributed by atoms with Crippen molar-refractivity contribution in [1.29, 1.82) is 0 Å². The van der Waals surface area contributed by atoms with Gasteiger partial charge in [-0.3, -0.25) is 9.59 Å². The minimum atomic E-state index is -0.321. The highest BCUT2D eigenvalue weighted by molar-refractivity contribution is 7.10. The molecule has 2 amide bonds. The van der Waals surface area contributed by atoms with Crippen LogP contribution in [-0.4, -0.2) is 47.9 Å². The summed E-state index contributed by atoms with van der Waals surface area (Å²) in [5, 5.41) is 2.04. The second-order valence-electron chi connectivity index (χ2n) is 9.58. The fraction of sp³-hybridized carbons (Fsp3) is 0.379. The van der Waals surface area contributed by atoms with Crippen molar-refractivity contribution in [2.75, 3.05) is 26.2 Å². The fourth-order valence-corrected chi connectivity index (χ4v) is 5.35. The highest BCUT2D eigenvalue weighted by Gasteiger charge is 2.33. The maximum absolute atomic E-state index is 13.6. The van der Waals surface area contributed by atoms with Gasteiger partial charge in [0.25, 0.3) is 0 Å². The van der Waals surface area contributed by atoms with Gasteiger partial charge >= 0.3 is 0 Å². The molecule has 1 atom stereocenters. The van der Waals surface area contributed by atoms with Gasteiger partial charge < -0.3 is 14.5 Å². The van der Waals surface area contributed by atoms with Crippen LogP contribution in [0.3, 0.4) is 0 Å². The number of thiophene rings is 1. The molecule has 4 rings (SSSR count). The average Bonchev–Trinajstić information content (AvgIpc) is 3.35. The first kappa shape index (κ1) is 25.9. The van der Waals surface area contributed by atoms with E-state index in [0.717, 1.165) is 24.0 Å². The Kier molecular flexibility index (Phi) is 8.75. The number of fused-ring (bicyclic) bond motifs is 1. The topological polar surface area (TPSA) is 49.9 Å². The Morgan fingerprint density at radius 2 is 1.86 bits per heavy atom. The van der Waals surface area contributed by atoms with Gasteiger partial charge in [-0.15, -0.1) is 11.3 Å². The molecule has 1 aliphatic heterocycles. The summed E-state index contributed by atoms with van der Waals surface area (Å²) in [6, 6.07) is 17.3. The van der Waals surface area contributed by atoms with Crippen LogP contribution in [-0.2, 0) is 22.4 Å². The SMILES string of the molecule is CC(C)CCN(CC(=O)N1CCc2sccc2C1COc1ccc(F)cc1)C(=O)Cc1ccccc1. The van der Waals surface area contributed by atoms with E-state index in [9.17, 15) is 14.0 Å². The predicted octanol–water partition coefficient (Wildman–Crippen LogP) is 5.51. The molecule has 1 aromatic heterocycles. The van der Waals surface area contributed by atoms with Gasteiger partial charge in [-0.1, -0.05) is 44.2 Å². The normalized spacial score (nSPS) is 15.0. The summed E-state index contributed by atoms with van der Waals surface area (Å²) in [4.78, 5) is 31.7. The van der Waals surface area contributed by atoms with Crippen molar-refractivity contribution in [3.8, 4) is 5.75 Å². The predicted molar refractivity (Wildman–Crippen MR) is 141 cm³/mol. The highest BCUT2D eigenvalue weighted by atomic mass is 32.1. The number of ether oxygens (including phenoxy) is 1. The van der Waals surface area contributed by atoms with E-state index in [4.69, 9.17) is 4.74 Å². The third kappa shape index (κ3) is 6.72. The van der Waals surface area contributed by atoms with E-state index in [1.807, 2.05) is 40.6 Å². The molecule has 7 heteroatoms. The van der Waals surface area contributed by atoms with Crippen LogP contribution in [0.5, 0.6) is 5.75 Å². The Hall–Kier alpha value is -3.19. The Morgan fingerprint density at radius 1 is 1.11 bits per heavy atom. The van der Waals surface area contributed by atoms with Crippen LogP contribution < -0.4 is 4.74 Å². The number of benzene rings is 2. The molecule has 0 bridgehead atoms. The molecule has 36 heavy (non-hydrogen) atoms. The second kappa shape index (κ2) is 12.2. The first-order valence-electron chi connectivity index (χ1n) is 12.5. The minimum absolute atomic E-state index is 0.0393. The molecule has 5 nitrogen and oxygen atoms in total. The van der Waals surface area contributed by atoms with Crippen molar-refractivity contribution >= 4 is 23.2 Å². The lowest BCUT2D eigenvalue weighted by Gasteiger charge is -2.37. The van der Waals surface area contributed by atoms with E-state index in [1.165, 1.54) is 17.0 Å². The van der Waals surface area contributed by atoms with Crippen molar-refractivity contribution in [2.45, 2.75) is 39.2 Å². The Balaban J connectivity index is 1.49. The van der Waals surface area contributed by atoms with E-state index in [2.05, 4.69) is 19.9 Å². The van der Waals surface area contributed by atoms with Crippen LogP contribution >= 0.6 is 11.3 Å². The van der Waals surface area contributed by atoms with Crippen LogP contribution in [0, 0.1) is 11.7 Å². The smallest absolute Gasteiger partial charge is 0.242 e. The molecule has 2 aromatic carbocycles. The molecule has 0 spiro atoms. The van der Waals surface area contributed by atoms with Gasteiger partial charge in [0.05, 0.1) is 19.0 Å². The Labute approximate surface area is 216 Å². The van der Waals surface area contributed by atoms with E-state index < -0.39 is 0 Å². The van der Waals surface area contributed by atoms with Crippen LogP contribution in [0.1, 0.15) is 42.3 Å². The lowest BCUT2D eigenvalue weighted by atomic mass is 10.00. The van der Waals surface area contributed by atoms with E-state index in [-0.39, 0.29) is 43.2 Å². The van der Waals surface area contributed by atoms with Gasteiger partial charge in [-0.25, -0.2) is 4.39 Å². The van der Waals surface area contributed by atoms with Crippen molar-refractivity contribution in [1.82, 2.24) is 9.80 Å². The molecule has 0 saturated heterocycles.